The number of amides is 2. The minimum atomic E-state index is -3.24. The minimum Gasteiger partial charge on any atom is -0.349 e. The zero-order chi connectivity index (χ0) is 19.6. The molecule has 0 bridgehead atoms. The standard InChI is InChI=1S/C17H15FN2O4S3/c18-12-3-1-11(2-4-12)9-14-16(22)20(17(25)26-14)7-5-15(21)19-13-6-8-27(23,24)10-13/h1-4,6,8-9,13H,5,7,10H2,(H,19,21)/b14-9-/t13-/m0/s1. The van der Waals surface area contributed by atoms with Crippen molar-refractivity contribution in [3.8, 4) is 0 Å². The van der Waals surface area contributed by atoms with Crippen molar-refractivity contribution in [2.45, 2.75) is 12.5 Å². The van der Waals surface area contributed by atoms with Crippen molar-refractivity contribution in [1.82, 2.24) is 10.2 Å². The third kappa shape index (κ3) is 5.02. The van der Waals surface area contributed by atoms with E-state index in [1.54, 1.807) is 18.2 Å². The second-order valence-corrected chi connectivity index (χ2v) is 9.57. The van der Waals surface area contributed by atoms with E-state index < -0.39 is 15.9 Å². The normalized spacial score (nSPS) is 22.6. The molecule has 0 aromatic heterocycles. The smallest absolute Gasteiger partial charge is 0.266 e. The number of carbonyl (C=O) groups is 2. The van der Waals surface area contributed by atoms with Gasteiger partial charge in [-0.2, -0.15) is 0 Å². The molecule has 142 valence electrons. The molecular formula is C17H15FN2O4S3. The number of hydrogen-bond acceptors (Lipinski definition) is 6. The van der Waals surface area contributed by atoms with E-state index in [1.807, 2.05) is 0 Å². The summed E-state index contributed by atoms with van der Waals surface area (Å²) in [6.07, 6.45) is 3.05. The lowest BCUT2D eigenvalue weighted by molar-refractivity contribution is -0.124. The van der Waals surface area contributed by atoms with Crippen molar-refractivity contribution >= 4 is 56.0 Å². The molecule has 3 rings (SSSR count). The number of halogens is 1. The van der Waals surface area contributed by atoms with E-state index in [0.717, 1.165) is 17.2 Å². The molecule has 0 aliphatic carbocycles. The Hall–Kier alpha value is -2.04. The molecule has 0 saturated carbocycles. The first-order valence-electron chi connectivity index (χ1n) is 7.95. The van der Waals surface area contributed by atoms with Gasteiger partial charge in [-0.15, -0.1) is 0 Å². The molecular weight excluding hydrogens is 411 g/mol. The number of nitrogens with zero attached hydrogens (tertiary/aromatic N) is 1. The highest BCUT2D eigenvalue weighted by Crippen LogP contribution is 2.32. The van der Waals surface area contributed by atoms with Gasteiger partial charge in [0.1, 0.15) is 10.1 Å². The number of hydrogen-bond donors (Lipinski definition) is 1. The van der Waals surface area contributed by atoms with Gasteiger partial charge >= 0.3 is 0 Å². The van der Waals surface area contributed by atoms with Gasteiger partial charge in [0.2, 0.25) is 5.91 Å². The second-order valence-electron chi connectivity index (χ2n) is 5.97. The van der Waals surface area contributed by atoms with Crippen LogP contribution < -0.4 is 5.32 Å². The maximum atomic E-state index is 13.0. The van der Waals surface area contributed by atoms with Crippen LogP contribution in [0.15, 0.2) is 40.7 Å². The fraction of sp³-hybridized carbons (Fsp3) is 0.235. The SMILES string of the molecule is O=C(CCN1C(=O)/C(=C/c2ccc(F)cc2)SC1=S)N[C@H]1C=CS(=O)(=O)C1. The average molecular weight is 427 g/mol. The second kappa shape index (κ2) is 7.91. The summed E-state index contributed by atoms with van der Waals surface area (Å²) in [5.74, 6) is -1.19. The molecule has 2 aliphatic heterocycles. The lowest BCUT2D eigenvalue weighted by atomic mass is 10.2. The van der Waals surface area contributed by atoms with E-state index in [0.29, 0.717) is 14.8 Å². The van der Waals surface area contributed by atoms with Gasteiger partial charge in [-0.1, -0.05) is 36.1 Å². The van der Waals surface area contributed by atoms with Crippen LogP contribution in [-0.2, 0) is 19.4 Å². The van der Waals surface area contributed by atoms with Crippen LogP contribution in [0.4, 0.5) is 4.39 Å². The van der Waals surface area contributed by atoms with Crippen molar-refractivity contribution in [3.05, 3.63) is 52.0 Å². The third-order valence-electron chi connectivity index (χ3n) is 3.88. The van der Waals surface area contributed by atoms with Gasteiger partial charge < -0.3 is 5.32 Å². The molecule has 2 aliphatic rings. The predicted octanol–water partition coefficient (Wildman–Crippen LogP) is 1.84. The van der Waals surface area contributed by atoms with Crippen molar-refractivity contribution in [2.75, 3.05) is 12.3 Å². The molecule has 2 amide bonds. The minimum absolute atomic E-state index is 0.000651. The number of thiocarbonyl (C=S) groups is 1. The van der Waals surface area contributed by atoms with Gasteiger partial charge in [0, 0.05) is 18.4 Å². The van der Waals surface area contributed by atoms with Crippen LogP contribution in [-0.4, -0.2) is 47.8 Å². The van der Waals surface area contributed by atoms with Crippen LogP contribution in [0.3, 0.4) is 0 Å². The van der Waals surface area contributed by atoms with Crippen molar-refractivity contribution < 1.29 is 22.4 Å². The van der Waals surface area contributed by atoms with Gasteiger partial charge in [0.15, 0.2) is 9.84 Å². The van der Waals surface area contributed by atoms with Crippen LogP contribution in [0.25, 0.3) is 6.08 Å². The summed E-state index contributed by atoms with van der Waals surface area (Å²) in [6, 6.07) is 5.16. The van der Waals surface area contributed by atoms with Crippen LogP contribution in [0.5, 0.6) is 0 Å². The van der Waals surface area contributed by atoms with Crippen molar-refractivity contribution in [1.29, 1.82) is 0 Å². The molecule has 1 fully saturated rings. The Morgan fingerprint density at radius 1 is 1.37 bits per heavy atom. The Labute approximate surface area is 165 Å². The highest BCUT2D eigenvalue weighted by atomic mass is 32.2. The molecule has 6 nitrogen and oxygen atoms in total. The summed E-state index contributed by atoms with van der Waals surface area (Å²) in [5.41, 5.74) is 0.670. The lowest BCUT2D eigenvalue weighted by Gasteiger charge is -2.15. The fourth-order valence-electron chi connectivity index (χ4n) is 2.56. The number of thioether (sulfide) groups is 1. The lowest BCUT2D eigenvalue weighted by Crippen LogP contribution is -2.38. The zero-order valence-corrected chi connectivity index (χ0v) is 16.4. The van der Waals surface area contributed by atoms with Gasteiger partial charge in [0.05, 0.1) is 16.7 Å². The molecule has 1 N–H and O–H groups in total. The Bertz CT molecular complexity index is 955. The summed E-state index contributed by atoms with van der Waals surface area (Å²) >= 11 is 6.32. The maximum absolute atomic E-state index is 13.0. The number of benzene rings is 1. The highest BCUT2D eigenvalue weighted by molar-refractivity contribution is 8.26. The molecule has 0 unspecified atom stereocenters. The number of sulfone groups is 1. The first kappa shape index (κ1) is 19.7. The topological polar surface area (TPSA) is 83.6 Å². The van der Waals surface area contributed by atoms with E-state index in [2.05, 4.69) is 5.32 Å². The summed E-state index contributed by atoms with van der Waals surface area (Å²) in [4.78, 5) is 26.2. The Morgan fingerprint density at radius 3 is 2.70 bits per heavy atom. The Balaban J connectivity index is 1.57. The van der Waals surface area contributed by atoms with E-state index in [9.17, 15) is 22.4 Å². The third-order valence-corrected chi connectivity index (χ3v) is 6.65. The summed E-state index contributed by atoms with van der Waals surface area (Å²) in [6.45, 7) is 0.0977. The highest BCUT2D eigenvalue weighted by Gasteiger charge is 2.32. The van der Waals surface area contributed by atoms with Crippen LogP contribution in [0, 0.1) is 5.82 Å². The average Bonchev–Trinajstić information content (AvgIpc) is 3.07. The Kier molecular flexibility index (Phi) is 5.78. The van der Waals surface area contributed by atoms with E-state index in [-0.39, 0.29) is 36.4 Å². The molecule has 1 atom stereocenters. The quantitative estimate of drug-likeness (QED) is 0.572. The monoisotopic (exact) mass is 426 g/mol. The van der Waals surface area contributed by atoms with E-state index in [4.69, 9.17) is 12.2 Å². The van der Waals surface area contributed by atoms with Crippen LogP contribution >= 0.6 is 24.0 Å². The maximum Gasteiger partial charge on any atom is 0.266 e. The van der Waals surface area contributed by atoms with Crippen molar-refractivity contribution in [3.63, 3.8) is 0 Å². The first-order valence-corrected chi connectivity index (χ1v) is 10.9. The Morgan fingerprint density at radius 2 is 2.07 bits per heavy atom. The molecule has 27 heavy (non-hydrogen) atoms. The molecule has 2 heterocycles. The van der Waals surface area contributed by atoms with Gasteiger partial charge in [0.25, 0.3) is 5.91 Å². The molecule has 1 aromatic carbocycles. The largest absolute Gasteiger partial charge is 0.349 e. The first-order chi connectivity index (χ1) is 12.7. The fourth-order valence-corrected chi connectivity index (χ4v) is 5.10. The molecule has 0 radical (unpaired) electrons. The predicted molar refractivity (Wildman–Crippen MR) is 106 cm³/mol. The molecule has 0 spiro atoms. The number of carbonyl (C=O) groups excluding carboxylic acids is 2. The van der Waals surface area contributed by atoms with E-state index in [1.165, 1.54) is 23.1 Å². The number of nitrogens with one attached hydrogen (secondary N) is 1. The van der Waals surface area contributed by atoms with Gasteiger partial charge in [-0.05, 0) is 29.8 Å². The van der Waals surface area contributed by atoms with Gasteiger partial charge in [-0.3, -0.25) is 14.5 Å². The summed E-state index contributed by atoms with van der Waals surface area (Å²) in [7, 11) is -3.24. The molecule has 10 heteroatoms. The summed E-state index contributed by atoms with van der Waals surface area (Å²) < 4.78 is 36.0. The zero-order valence-electron chi connectivity index (χ0n) is 13.9. The molecule has 1 aromatic rings. The molecule has 1 saturated heterocycles. The number of rotatable bonds is 5. The van der Waals surface area contributed by atoms with E-state index >= 15 is 0 Å². The summed E-state index contributed by atoms with van der Waals surface area (Å²) in [5, 5.41) is 3.68. The van der Waals surface area contributed by atoms with Crippen LogP contribution in [0.1, 0.15) is 12.0 Å². The van der Waals surface area contributed by atoms with Crippen LogP contribution in [0.2, 0.25) is 0 Å². The van der Waals surface area contributed by atoms with Gasteiger partial charge in [-0.25, -0.2) is 12.8 Å². The van der Waals surface area contributed by atoms with Crippen molar-refractivity contribution in [2.24, 2.45) is 0 Å².